The molecule has 12 heteroatoms. The van der Waals surface area contributed by atoms with E-state index in [0.717, 1.165) is 11.1 Å². The summed E-state index contributed by atoms with van der Waals surface area (Å²) in [5, 5.41) is 15.4. The molecule has 11 nitrogen and oxygen atoms in total. The molecule has 1 aromatic carbocycles. The van der Waals surface area contributed by atoms with Crippen LogP contribution in [0.1, 0.15) is 48.5 Å². The van der Waals surface area contributed by atoms with Gasteiger partial charge in [-0.1, -0.05) is 18.1 Å². The van der Waals surface area contributed by atoms with Crippen molar-refractivity contribution >= 4 is 35.1 Å². The molecule has 0 spiro atoms. The maximum atomic E-state index is 13.5. The second kappa shape index (κ2) is 13.4. The van der Waals surface area contributed by atoms with Crippen LogP contribution in [0.15, 0.2) is 46.0 Å². The van der Waals surface area contributed by atoms with Crippen molar-refractivity contribution in [3.8, 4) is 12.3 Å². The van der Waals surface area contributed by atoms with Crippen molar-refractivity contribution < 1.29 is 24.2 Å². The molecule has 4 rings (SSSR count). The summed E-state index contributed by atoms with van der Waals surface area (Å²) in [6.07, 6.45) is 7.60. The van der Waals surface area contributed by atoms with Gasteiger partial charge in [0.05, 0.1) is 17.6 Å². The summed E-state index contributed by atoms with van der Waals surface area (Å²) in [6, 6.07) is 4.85. The van der Waals surface area contributed by atoms with Gasteiger partial charge in [0.2, 0.25) is 0 Å². The van der Waals surface area contributed by atoms with E-state index in [4.69, 9.17) is 16.2 Å². The first-order chi connectivity index (χ1) is 20.4. The summed E-state index contributed by atoms with van der Waals surface area (Å²) in [5.41, 5.74) is 2.36. The van der Waals surface area contributed by atoms with Gasteiger partial charge in [-0.15, -0.1) is 17.8 Å². The Bertz CT molecular complexity index is 1470. The monoisotopic (exact) mass is 606 g/mol. The number of amides is 2. The largest absolute Gasteiger partial charge is 0.481 e. The van der Waals surface area contributed by atoms with Gasteiger partial charge in [-0.25, -0.2) is 14.6 Å². The number of nitrogens with zero attached hydrogens (tertiary/aromatic N) is 5. The number of aliphatic carboxylic acids is 1. The minimum atomic E-state index is -1.06. The van der Waals surface area contributed by atoms with Crippen LogP contribution in [0.5, 0.6) is 0 Å². The molecular weight excluding hydrogens is 568 g/mol. The smallest absolute Gasteiger partial charge is 0.338 e. The number of amidine groups is 1. The lowest BCUT2D eigenvalue weighted by Crippen LogP contribution is -2.54. The molecule has 1 atom stereocenters. The zero-order valence-corrected chi connectivity index (χ0v) is 26.0. The van der Waals surface area contributed by atoms with Gasteiger partial charge in [-0.2, -0.15) is 0 Å². The standard InChI is InChI=1S/C31H38N6O5S/c1-7-21-17-20(3)9-10-22(21)25-24(28(38)42-8-2)23(33-26(34-25)27-32-11-16-43-27)18-36-12-14-37(15-13-36)30(41)35(6)19-31(4,5)29(39)40/h1,9-11,16-17,25H,8,12-15,18-19H2,2-6H3,(H,33,34)(H,39,40). The van der Waals surface area contributed by atoms with Crippen molar-refractivity contribution in [2.24, 2.45) is 10.4 Å². The topological polar surface area (TPSA) is 128 Å². The van der Waals surface area contributed by atoms with Crippen molar-refractivity contribution in [3.05, 3.63) is 62.7 Å². The Kier molecular flexibility index (Phi) is 9.88. The molecule has 2 aliphatic rings. The van der Waals surface area contributed by atoms with Gasteiger partial charge in [0.25, 0.3) is 0 Å². The molecule has 0 saturated carbocycles. The van der Waals surface area contributed by atoms with Crippen molar-refractivity contribution in [2.45, 2.75) is 33.7 Å². The van der Waals surface area contributed by atoms with E-state index in [0.29, 0.717) is 60.4 Å². The maximum absolute atomic E-state index is 13.5. The van der Waals surface area contributed by atoms with Crippen LogP contribution in [0, 0.1) is 24.7 Å². The summed E-state index contributed by atoms with van der Waals surface area (Å²) in [7, 11) is 1.62. The van der Waals surface area contributed by atoms with Crippen molar-refractivity contribution in [3.63, 3.8) is 0 Å². The first kappa shape index (κ1) is 31.7. The highest BCUT2D eigenvalue weighted by Gasteiger charge is 2.36. The van der Waals surface area contributed by atoms with Gasteiger partial charge in [0, 0.05) is 69.2 Å². The van der Waals surface area contributed by atoms with Crippen LogP contribution in [-0.2, 0) is 14.3 Å². The average Bonchev–Trinajstić information content (AvgIpc) is 3.52. The van der Waals surface area contributed by atoms with Gasteiger partial charge in [-0.3, -0.25) is 14.7 Å². The number of carbonyl (C=O) groups is 3. The number of aliphatic imine (C=N–C) groups is 1. The summed E-state index contributed by atoms with van der Waals surface area (Å²) in [5.74, 6) is 1.87. The number of hydrogen-bond acceptors (Lipinski definition) is 9. The number of aromatic nitrogens is 1. The average molecular weight is 607 g/mol. The minimum Gasteiger partial charge on any atom is -0.481 e. The predicted molar refractivity (Wildman–Crippen MR) is 165 cm³/mol. The number of urea groups is 1. The number of hydrogen-bond donors (Lipinski definition) is 2. The molecule has 2 aliphatic heterocycles. The summed E-state index contributed by atoms with van der Waals surface area (Å²) in [6.45, 7) is 9.62. The molecule has 2 amide bonds. The zero-order valence-electron chi connectivity index (χ0n) is 25.2. The molecule has 43 heavy (non-hydrogen) atoms. The molecule has 228 valence electrons. The number of ether oxygens (including phenoxy) is 1. The fourth-order valence-electron chi connectivity index (χ4n) is 5.17. The molecular formula is C31H38N6O5S. The zero-order chi connectivity index (χ0) is 31.3. The van der Waals surface area contributed by atoms with Gasteiger partial charge < -0.3 is 25.0 Å². The van der Waals surface area contributed by atoms with E-state index in [2.05, 4.69) is 21.1 Å². The molecule has 0 bridgehead atoms. The SMILES string of the molecule is C#Cc1cc(C)ccc1C1N=C(c2nccs2)NC(CN2CCN(C(=O)N(C)CC(C)(C)C(=O)O)CC2)=C1C(=O)OCC. The predicted octanol–water partition coefficient (Wildman–Crippen LogP) is 3.12. The molecule has 2 N–H and O–H groups in total. The lowest BCUT2D eigenvalue weighted by molar-refractivity contribution is -0.147. The van der Waals surface area contributed by atoms with Crippen LogP contribution in [-0.4, -0.2) is 102 Å². The molecule has 1 unspecified atom stereocenters. The van der Waals surface area contributed by atoms with Crippen molar-refractivity contribution in [2.75, 3.05) is 52.9 Å². The highest BCUT2D eigenvalue weighted by atomic mass is 32.1. The third-order valence-electron chi connectivity index (χ3n) is 7.48. The number of carbonyl (C=O) groups excluding carboxylic acids is 2. The molecule has 1 saturated heterocycles. The number of nitrogens with one attached hydrogen (secondary N) is 1. The van der Waals surface area contributed by atoms with Gasteiger partial charge in [0.1, 0.15) is 6.04 Å². The van der Waals surface area contributed by atoms with Crippen LogP contribution in [0.2, 0.25) is 0 Å². The number of benzene rings is 1. The fraction of sp³-hybridized carbons (Fsp3) is 0.452. The Balaban J connectivity index is 1.61. The molecule has 0 aliphatic carbocycles. The Morgan fingerprint density at radius 2 is 1.98 bits per heavy atom. The number of piperazine rings is 1. The summed E-state index contributed by atoms with van der Waals surface area (Å²) >= 11 is 1.44. The van der Waals surface area contributed by atoms with E-state index in [1.807, 2.05) is 30.5 Å². The van der Waals surface area contributed by atoms with E-state index in [1.54, 1.807) is 38.9 Å². The normalized spacial score (nSPS) is 17.5. The molecule has 2 aromatic rings. The lowest BCUT2D eigenvalue weighted by Gasteiger charge is -2.38. The maximum Gasteiger partial charge on any atom is 0.338 e. The number of rotatable bonds is 9. The Labute approximate surface area is 256 Å². The minimum absolute atomic E-state index is 0.0972. The molecule has 0 radical (unpaired) electrons. The third-order valence-corrected chi connectivity index (χ3v) is 8.26. The molecule has 3 heterocycles. The van der Waals surface area contributed by atoms with Crippen LogP contribution < -0.4 is 5.32 Å². The first-order valence-corrected chi connectivity index (χ1v) is 15.0. The number of terminal acetylenes is 1. The van der Waals surface area contributed by atoms with Crippen molar-refractivity contribution in [1.29, 1.82) is 0 Å². The Morgan fingerprint density at radius 1 is 1.26 bits per heavy atom. The Hall–Kier alpha value is -4.21. The van der Waals surface area contributed by atoms with E-state index in [1.165, 1.54) is 16.2 Å². The number of thiazole rings is 1. The first-order valence-electron chi connectivity index (χ1n) is 14.1. The van der Waals surface area contributed by atoms with Crippen LogP contribution in [0.3, 0.4) is 0 Å². The number of carboxylic acid groups (broad SMARTS) is 1. The van der Waals surface area contributed by atoms with Gasteiger partial charge in [0.15, 0.2) is 10.8 Å². The second-order valence-corrected chi connectivity index (χ2v) is 12.2. The van der Waals surface area contributed by atoms with Crippen LogP contribution in [0.25, 0.3) is 0 Å². The van der Waals surface area contributed by atoms with E-state index in [9.17, 15) is 19.5 Å². The van der Waals surface area contributed by atoms with E-state index < -0.39 is 23.4 Å². The Morgan fingerprint density at radius 3 is 2.58 bits per heavy atom. The summed E-state index contributed by atoms with van der Waals surface area (Å²) < 4.78 is 5.52. The van der Waals surface area contributed by atoms with Crippen LogP contribution >= 0.6 is 11.3 Å². The quantitative estimate of drug-likeness (QED) is 0.329. The van der Waals surface area contributed by atoms with Gasteiger partial charge in [-0.05, 0) is 44.9 Å². The highest BCUT2D eigenvalue weighted by molar-refractivity contribution is 7.11. The highest BCUT2D eigenvalue weighted by Crippen LogP contribution is 2.35. The van der Waals surface area contributed by atoms with Gasteiger partial charge >= 0.3 is 18.0 Å². The van der Waals surface area contributed by atoms with Crippen molar-refractivity contribution in [1.82, 2.24) is 25.0 Å². The molecule has 1 fully saturated rings. The summed E-state index contributed by atoms with van der Waals surface area (Å²) in [4.78, 5) is 52.8. The number of aryl methyl sites for hydroxylation is 1. The molecule has 1 aromatic heterocycles. The van der Waals surface area contributed by atoms with Crippen LogP contribution in [0.4, 0.5) is 4.79 Å². The second-order valence-electron chi connectivity index (χ2n) is 11.3. The fourth-order valence-corrected chi connectivity index (χ4v) is 5.76. The van der Waals surface area contributed by atoms with E-state index >= 15 is 0 Å². The van der Waals surface area contributed by atoms with E-state index in [-0.39, 0.29) is 19.2 Å². The third kappa shape index (κ3) is 7.24. The number of esters is 1. The lowest BCUT2D eigenvalue weighted by atomic mass is 9.91. The number of carboxylic acids is 1.